The molecule has 1 nitrogen and oxygen atoms in total. The summed E-state index contributed by atoms with van der Waals surface area (Å²) < 4.78 is 0. The van der Waals surface area contributed by atoms with Crippen LogP contribution in [0.4, 0.5) is 0 Å². The minimum Gasteiger partial charge on any atom is -0.247 e. The Morgan fingerprint density at radius 1 is 0.690 bits per heavy atom. The molecule has 1 heteroatoms. The van der Waals surface area contributed by atoms with Crippen molar-refractivity contribution in [3.05, 3.63) is 76.3 Å². The van der Waals surface area contributed by atoms with Crippen LogP contribution in [0, 0.1) is 20.8 Å². The van der Waals surface area contributed by atoms with Crippen LogP contribution >= 0.6 is 0 Å². The fourth-order valence-corrected chi connectivity index (χ4v) is 5.66. The summed E-state index contributed by atoms with van der Waals surface area (Å²) in [5.41, 5.74) is 10.5. The van der Waals surface area contributed by atoms with Gasteiger partial charge in [-0.1, -0.05) is 69.7 Å². The lowest BCUT2D eigenvalue weighted by molar-refractivity contribution is 0.296. The first-order chi connectivity index (χ1) is 13.6. The van der Waals surface area contributed by atoms with Crippen molar-refractivity contribution in [1.29, 1.82) is 0 Å². The summed E-state index contributed by atoms with van der Waals surface area (Å²) in [6.07, 6.45) is 0. The lowest BCUT2D eigenvalue weighted by Crippen LogP contribution is -2.45. The minimum absolute atomic E-state index is 0.00656. The molecule has 29 heavy (non-hydrogen) atoms. The lowest BCUT2D eigenvalue weighted by atomic mass is 9.54. The van der Waals surface area contributed by atoms with E-state index in [1.807, 2.05) is 0 Å². The third-order valence-electron chi connectivity index (χ3n) is 7.77. The highest BCUT2D eigenvalue weighted by Crippen LogP contribution is 2.56. The molecular formula is C28H29N. The molecule has 5 rings (SSSR count). The molecule has 1 aliphatic rings. The van der Waals surface area contributed by atoms with Crippen molar-refractivity contribution in [2.24, 2.45) is 0 Å². The van der Waals surface area contributed by atoms with Crippen molar-refractivity contribution in [1.82, 2.24) is 4.98 Å². The van der Waals surface area contributed by atoms with Gasteiger partial charge in [-0.3, -0.25) is 0 Å². The first kappa shape index (κ1) is 18.4. The second kappa shape index (κ2) is 5.69. The van der Waals surface area contributed by atoms with Crippen molar-refractivity contribution in [3.63, 3.8) is 0 Å². The first-order valence-corrected chi connectivity index (χ1v) is 10.6. The van der Waals surface area contributed by atoms with Crippen molar-refractivity contribution >= 4 is 21.7 Å². The second-order valence-corrected chi connectivity index (χ2v) is 9.88. The summed E-state index contributed by atoms with van der Waals surface area (Å²) >= 11 is 0. The number of fused-ring (bicyclic) bond motifs is 5. The maximum absolute atomic E-state index is 5.25. The molecule has 0 radical (unpaired) electrons. The molecule has 1 aromatic heterocycles. The van der Waals surface area contributed by atoms with Crippen LogP contribution in [0.5, 0.6) is 0 Å². The van der Waals surface area contributed by atoms with Gasteiger partial charge in [-0.25, -0.2) is 4.98 Å². The van der Waals surface area contributed by atoms with Crippen molar-refractivity contribution in [2.75, 3.05) is 0 Å². The van der Waals surface area contributed by atoms with E-state index in [0.29, 0.717) is 0 Å². The fourth-order valence-electron chi connectivity index (χ4n) is 5.66. The Hall–Kier alpha value is -2.67. The Kier molecular flexibility index (Phi) is 3.60. The monoisotopic (exact) mass is 379 g/mol. The predicted molar refractivity (Wildman–Crippen MR) is 125 cm³/mol. The number of aromatic nitrogens is 1. The summed E-state index contributed by atoms with van der Waals surface area (Å²) in [4.78, 5) is 5.25. The molecule has 146 valence electrons. The molecule has 0 aliphatic heterocycles. The van der Waals surface area contributed by atoms with Gasteiger partial charge in [0.2, 0.25) is 0 Å². The molecular weight excluding hydrogens is 350 g/mol. The highest BCUT2D eigenvalue weighted by molar-refractivity contribution is 5.97. The predicted octanol–water partition coefficient (Wildman–Crippen LogP) is 7.55. The van der Waals surface area contributed by atoms with Crippen molar-refractivity contribution in [2.45, 2.75) is 59.3 Å². The highest BCUT2D eigenvalue weighted by atomic mass is 14.7. The van der Waals surface area contributed by atoms with Gasteiger partial charge in [0.1, 0.15) is 0 Å². The SMILES string of the molecule is Cc1ccc2c(C)c3c(cc2c1)-c1nc2ccccc2c(C)c1C(C)(C)C3(C)C. The topological polar surface area (TPSA) is 12.9 Å². The number of para-hydroxylation sites is 1. The van der Waals surface area contributed by atoms with E-state index in [2.05, 4.69) is 97.0 Å². The van der Waals surface area contributed by atoms with Gasteiger partial charge in [-0.05, 0) is 71.3 Å². The minimum atomic E-state index is -0.0282. The van der Waals surface area contributed by atoms with Crippen LogP contribution in [0.15, 0.2) is 48.5 Å². The zero-order valence-corrected chi connectivity index (χ0v) is 18.6. The maximum atomic E-state index is 5.25. The van der Waals surface area contributed by atoms with Gasteiger partial charge in [0.15, 0.2) is 0 Å². The summed E-state index contributed by atoms with van der Waals surface area (Å²) in [6, 6.07) is 17.8. The average molecular weight is 380 g/mol. The van der Waals surface area contributed by atoms with Gasteiger partial charge in [0.25, 0.3) is 0 Å². The molecule has 0 unspecified atom stereocenters. The van der Waals surface area contributed by atoms with Gasteiger partial charge in [-0.15, -0.1) is 0 Å². The van der Waals surface area contributed by atoms with E-state index in [0.717, 1.165) is 5.52 Å². The second-order valence-electron chi connectivity index (χ2n) is 9.88. The lowest BCUT2D eigenvalue weighted by Gasteiger charge is -2.49. The molecule has 1 heterocycles. The zero-order chi connectivity index (χ0) is 20.7. The standard InChI is InChI=1S/C28H29N/c1-16-12-13-20-17(2)24-22(15-19(20)14-16)26-25(28(6,7)27(24,4)5)18(3)21-10-8-9-11-23(21)29-26/h8-15H,1-7H3. The number of rotatable bonds is 0. The Morgan fingerprint density at radius 3 is 2.10 bits per heavy atom. The van der Waals surface area contributed by atoms with Gasteiger partial charge >= 0.3 is 0 Å². The molecule has 0 amide bonds. The van der Waals surface area contributed by atoms with E-state index in [1.165, 1.54) is 55.2 Å². The highest BCUT2D eigenvalue weighted by Gasteiger charge is 2.48. The summed E-state index contributed by atoms with van der Waals surface area (Å²) in [5.74, 6) is 0. The van der Waals surface area contributed by atoms with Crippen LogP contribution in [0.2, 0.25) is 0 Å². The molecule has 0 N–H and O–H groups in total. The number of hydrogen-bond donors (Lipinski definition) is 0. The molecule has 4 aromatic rings. The van der Waals surface area contributed by atoms with E-state index < -0.39 is 0 Å². The van der Waals surface area contributed by atoms with E-state index in [-0.39, 0.29) is 10.8 Å². The van der Waals surface area contributed by atoms with Crippen LogP contribution in [0.1, 0.15) is 55.5 Å². The van der Waals surface area contributed by atoms with Gasteiger partial charge < -0.3 is 0 Å². The van der Waals surface area contributed by atoms with Gasteiger partial charge in [-0.2, -0.15) is 0 Å². The molecule has 0 saturated carbocycles. The quantitative estimate of drug-likeness (QED) is 0.307. The Morgan fingerprint density at radius 2 is 1.34 bits per heavy atom. The Labute approximate surface area is 173 Å². The van der Waals surface area contributed by atoms with Crippen molar-refractivity contribution < 1.29 is 0 Å². The number of nitrogens with zero attached hydrogens (tertiary/aromatic N) is 1. The molecule has 3 aromatic carbocycles. The summed E-state index contributed by atoms with van der Waals surface area (Å²) in [5, 5.41) is 3.95. The van der Waals surface area contributed by atoms with E-state index in [1.54, 1.807) is 0 Å². The first-order valence-electron chi connectivity index (χ1n) is 10.6. The third-order valence-corrected chi connectivity index (χ3v) is 7.77. The molecule has 1 aliphatic carbocycles. The molecule has 0 saturated heterocycles. The number of hydrogen-bond acceptors (Lipinski definition) is 1. The van der Waals surface area contributed by atoms with E-state index in [9.17, 15) is 0 Å². The maximum Gasteiger partial charge on any atom is 0.0753 e. The smallest absolute Gasteiger partial charge is 0.0753 e. The molecule has 0 fully saturated rings. The zero-order valence-electron chi connectivity index (χ0n) is 18.6. The number of pyridine rings is 1. The third kappa shape index (κ3) is 2.25. The molecule has 0 bridgehead atoms. The van der Waals surface area contributed by atoms with Crippen LogP contribution in [-0.4, -0.2) is 4.98 Å². The largest absolute Gasteiger partial charge is 0.247 e. The Bertz CT molecular complexity index is 1320. The molecule has 0 spiro atoms. The van der Waals surface area contributed by atoms with Gasteiger partial charge in [0.05, 0.1) is 11.2 Å². The van der Waals surface area contributed by atoms with Crippen LogP contribution in [0.25, 0.3) is 32.9 Å². The number of aryl methyl sites for hydroxylation is 3. The van der Waals surface area contributed by atoms with Crippen LogP contribution in [0.3, 0.4) is 0 Å². The van der Waals surface area contributed by atoms with Crippen molar-refractivity contribution in [3.8, 4) is 11.3 Å². The average Bonchev–Trinajstić information content (AvgIpc) is 2.66. The summed E-state index contributed by atoms with van der Waals surface area (Å²) in [6.45, 7) is 16.4. The van der Waals surface area contributed by atoms with Crippen LogP contribution in [-0.2, 0) is 10.8 Å². The molecule has 0 atom stereocenters. The number of benzene rings is 3. The normalized spacial score (nSPS) is 16.7. The summed E-state index contributed by atoms with van der Waals surface area (Å²) in [7, 11) is 0. The van der Waals surface area contributed by atoms with E-state index in [4.69, 9.17) is 4.98 Å². The fraction of sp³-hybridized carbons (Fsp3) is 0.321. The van der Waals surface area contributed by atoms with Gasteiger partial charge in [0, 0.05) is 16.4 Å². The van der Waals surface area contributed by atoms with E-state index >= 15 is 0 Å². The Balaban J connectivity index is 2.02. The van der Waals surface area contributed by atoms with Crippen LogP contribution < -0.4 is 0 Å².